The van der Waals surface area contributed by atoms with Gasteiger partial charge in [-0.15, -0.1) is 11.3 Å². The van der Waals surface area contributed by atoms with E-state index in [9.17, 15) is 8.42 Å². The van der Waals surface area contributed by atoms with E-state index in [0.29, 0.717) is 11.4 Å². The van der Waals surface area contributed by atoms with Gasteiger partial charge < -0.3 is 5.32 Å². The van der Waals surface area contributed by atoms with Gasteiger partial charge in [0.2, 0.25) is 10.0 Å². The van der Waals surface area contributed by atoms with Crippen LogP contribution in [-0.2, 0) is 16.6 Å². The predicted molar refractivity (Wildman–Crippen MR) is 91.4 cm³/mol. The molecule has 1 aromatic carbocycles. The number of sulfonamides is 1. The Balaban J connectivity index is 2.15. The van der Waals surface area contributed by atoms with Crippen molar-refractivity contribution >= 4 is 43.0 Å². The molecular weight excluding hydrogens is 372 g/mol. The molecule has 4 nitrogen and oxygen atoms in total. The van der Waals surface area contributed by atoms with Gasteiger partial charge in [-0.1, -0.05) is 6.07 Å². The molecule has 1 heterocycles. The number of nitrogens with zero attached hydrogens (tertiary/aromatic N) is 1. The van der Waals surface area contributed by atoms with Gasteiger partial charge in [-0.05, 0) is 47.1 Å². The number of halogens is 1. The number of aryl methyl sites for hydroxylation is 1. The van der Waals surface area contributed by atoms with Gasteiger partial charge in [0.05, 0.1) is 4.90 Å². The molecule has 0 saturated carbocycles. The summed E-state index contributed by atoms with van der Waals surface area (Å²) in [6.45, 7) is 2.73. The van der Waals surface area contributed by atoms with Crippen LogP contribution in [0.4, 0.5) is 5.69 Å². The first-order chi connectivity index (χ1) is 9.80. The third-order valence-electron chi connectivity index (χ3n) is 2.99. The van der Waals surface area contributed by atoms with Gasteiger partial charge in [-0.2, -0.15) is 0 Å². The molecule has 0 atom stereocenters. The molecule has 21 heavy (non-hydrogen) atoms. The number of hydrogen-bond donors (Lipinski definition) is 1. The molecule has 1 N–H and O–H groups in total. The summed E-state index contributed by atoms with van der Waals surface area (Å²) in [7, 11) is -0.338. The number of anilines is 1. The molecule has 7 heteroatoms. The normalized spacial score (nSPS) is 11.9. The number of thiophene rings is 1. The molecule has 1 aromatic heterocycles. The smallest absolute Gasteiger partial charge is 0.242 e. The van der Waals surface area contributed by atoms with Gasteiger partial charge in [0.15, 0.2) is 0 Å². The zero-order valence-corrected chi connectivity index (χ0v) is 15.3. The Morgan fingerprint density at radius 2 is 2.00 bits per heavy atom. The Bertz CT molecular complexity index is 720. The first-order valence-corrected chi connectivity index (χ1v) is 9.37. The molecular formula is C14H17BrN2O2S2. The molecule has 114 valence electrons. The molecule has 0 bridgehead atoms. The van der Waals surface area contributed by atoms with Crippen molar-refractivity contribution in [2.24, 2.45) is 0 Å². The fourth-order valence-electron chi connectivity index (χ4n) is 1.77. The van der Waals surface area contributed by atoms with Crippen LogP contribution >= 0.6 is 27.3 Å². The molecule has 0 aliphatic rings. The zero-order valence-electron chi connectivity index (χ0n) is 12.1. The van der Waals surface area contributed by atoms with Crippen LogP contribution in [0.3, 0.4) is 0 Å². The second-order valence-corrected chi connectivity index (χ2v) is 9.13. The predicted octanol–water partition coefficient (Wildman–Crippen LogP) is 3.68. The van der Waals surface area contributed by atoms with E-state index in [4.69, 9.17) is 0 Å². The van der Waals surface area contributed by atoms with E-state index in [0.717, 1.165) is 10.2 Å². The third kappa shape index (κ3) is 3.85. The maximum Gasteiger partial charge on any atom is 0.242 e. The van der Waals surface area contributed by atoms with E-state index in [1.54, 1.807) is 29.5 Å². The fourth-order valence-corrected chi connectivity index (χ4v) is 4.26. The molecule has 0 aliphatic heterocycles. The van der Waals surface area contributed by atoms with E-state index in [2.05, 4.69) is 34.2 Å². The first-order valence-electron chi connectivity index (χ1n) is 6.32. The minimum absolute atomic E-state index is 0.293. The Hall–Kier alpha value is -0.890. The molecule has 0 aliphatic carbocycles. The summed E-state index contributed by atoms with van der Waals surface area (Å²) >= 11 is 5.21. The van der Waals surface area contributed by atoms with Crippen molar-refractivity contribution in [3.63, 3.8) is 0 Å². The van der Waals surface area contributed by atoms with E-state index in [1.165, 1.54) is 28.2 Å². The second kappa shape index (κ2) is 6.48. The molecule has 0 radical (unpaired) electrons. The average molecular weight is 389 g/mol. The zero-order chi connectivity index (χ0) is 15.6. The van der Waals surface area contributed by atoms with Gasteiger partial charge in [0.25, 0.3) is 0 Å². The lowest BCUT2D eigenvalue weighted by Crippen LogP contribution is -2.22. The quantitative estimate of drug-likeness (QED) is 0.849. The summed E-state index contributed by atoms with van der Waals surface area (Å²) in [5.74, 6) is 0. The largest absolute Gasteiger partial charge is 0.380 e. The summed E-state index contributed by atoms with van der Waals surface area (Å²) in [4.78, 5) is 2.72. The Labute approximate surface area is 138 Å². The first kappa shape index (κ1) is 16.5. The average Bonchev–Trinajstić information content (AvgIpc) is 2.76. The summed E-state index contributed by atoms with van der Waals surface area (Å²) < 4.78 is 26.5. The van der Waals surface area contributed by atoms with Gasteiger partial charge >= 0.3 is 0 Å². The highest BCUT2D eigenvalue weighted by molar-refractivity contribution is 9.10. The van der Waals surface area contributed by atoms with Crippen LogP contribution in [0.1, 0.15) is 9.75 Å². The van der Waals surface area contributed by atoms with Crippen LogP contribution in [0.25, 0.3) is 0 Å². The summed E-state index contributed by atoms with van der Waals surface area (Å²) in [6.07, 6.45) is 0. The fraction of sp³-hybridized carbons (Fsp3) is 0.286. The van der Waals surface area contributed by atoms with Crippen LogP contribution in [0.2, 0.25) is 0 Å². The highest BCUT2D eigenvalue weighted by Gasteiger charge is 2.17. The molecule has 2 rings (SSSR count). The van der Waals surface area contributed by atoms with Crippen molar-refractivity contribution in [2.45, 2.75) is 18.4 Å². The van der Waals surface area contributed by atoms with Crippen molar-refractivity contribution in [3.05, 3.63) is 44.6 Å². The van der Waals surface area contributed by atoms with Gasteiger partial charge in [0, 0.05) is 40.6 Å². The maximum atomic E-state index is 12.1. The minimum atomic E-state index is -3.40. The minimum Gasteiger partial charge on any atom is -0.380 e. The molecule has 0 saturated heterocycles. The second-order valence-electron chi connectivity index (χ2n) is 4.79. The third-order valence-corrected chi connectivity index (χ3v) is 6.94. The van der Waals surface area contributed by atoms with E-state index < -0.39 is 10.0 Å². The molecule has 0 fully saturated rings. The highest BCUT2D eigenvalue weighted by atomic mass is 79.9. The SMILES string of the molecule is Cc1sc(CNc2cccc(S(=O)(=O)N(C)C)c2)cc1Br. The van der Waals surface area contributed by atoms with Crippen LogP contribution in [0.15, 0.2) is 39.7 Å². The number of rotatable bonds is 5. The monoisotopic (exact) mass is 388 g/mol. The van der Waals surface area contributed by atoms with Gasteiger partial charge in [-0.3, -0.25) is 0 Å². The summed E-state index contributed by atoms with van der Waals surface area (Å²) in [6, 6.07) is 8.95. The summed E-state index contributed by atoms with van der Waals surface area (Å²) in [5, 5.41) is 3.26. The highest BCUT2D eigenvalue weighted by Crippen LogP contribution is 2.27. The van der Waals surface area contributed by atoms with Crippen LogP contribution < -0.4 is 5.32 Å². The molecule has 0 spiro atoms. The molecule has 0 amide bonds. The van der Waals surface area contributed by atoms with Gasteiger partial charge in [-0.25, -0.2) is 12.7 Å². The van der Waals surface area contributed by atoms with Crippen molar-refractivity contribution < 1.29 is 8.42 Å². The van der Waals surface area contributed by atoms with Crippen LogP contribution in [0, 0.1) is 6.92 Å². The van der Waals surface area contributed by atoms with Crippen molar-refractivity contribution in [1.82, 2.24) is 4.31 Å². The van der Waals surface area contributed by atoms with Gasteiger partial charge in [0.1, 0.15) is 0 Å². The molecule has 2 aromatic rings. The van der Waals surface area contributed by atoms with Crippen molar-refractivity contribution in [2.75, 3.05) is 19.4 Å². The number of benzene rings is 1. The van der Waals surface area contributed by atoms with Crippen molar-refractivity contribution in [3.8, 4) is 0 Å². The van der Waals surface area contributed by atoms with Crippen molar-refractivity contribution in [1.29, 1.82) is 0 Å². The standard InChI is InChI=1S/C14H17BrN2O2S2/c1-10-14(15)8-12(20-10)9-16-11-5-4-6-13(7-11)21(18,19)17(2)3/h4-8,16H,9H2,1-3H3. The Kier molecular flexibility index (Phi) is 5.08. The number of hydrogen-bond acceptors (Lipinski definition) is 4. The lowest BCUT2D eigenvalue weighted by atomic mass is 10.3. The topological polar surface area (TPSA) is 49.4 Å². The van der Waals surface area contributed by atoms with Crippen LogP contribution in [-0.4, -0.2) is 26.8 Å². The Morgan fingerprint density at radius 1 is 1.29 bits per heavy atom. The molecule has 0 unspecified atom stereocenters. The maximum absolute atomic E-state index is 12.1. The van der Waals surface area contributed by atoms with Crippen LogP contribution in [0.5, 0.6) is 0 Å². The van der Waals surface area contributed by atoms with E-state index in [-0.39, 0.29) is 0 Å². The van der Waals surface area contributed by atoms with E-state index >= 15 is 0 Å². The lowest BCUT2D eigenvalue weighted by molar-refractivity contribution is 0.521. The van der Waals surface area contributed by atoms with E-state index in [1.807, 2.05) is 6.07 Å². The lowest BCUT2D eigenvalue weighted by Gasteiger charge is -2.12. The number of nitrogens with one attached hydrogen (secondary N) is 1. The Morgan fingerprint density at radius 3 is 2.57 bits per heavy atom. The summed E-state index contributed by atoms with van der Waals surface area (Å²) in [5.41, 5.74) is 0.792.